The fourth-order valence-electron chi connectivity index (χ4n) is 5.52. The maximum atomic E-state index is 14.0. The van der Waals surface area contributed by atoms with Crippen LogP contribution in [0.15, 0.2) is 83.3 Å². The van der Waals surface area contributed by atoms with Crippen molar-refractivity contribution in [3.05, 3.63) is 99.5 Å². The number of hydrogen-bond acceptors (Lipinski definition) is 4. The zero-order valence-electron chi connectivity index (χ0n) is 24.4. The molecule has 7 nitrogen and oxygen atoms in total. The first-order valence-electron chi connectivity index (χ1n) is 14.7. The minimum atomic E-state index is -3.61. The Morgan fingerprint density at radius 3 is 2.30 bits per heavy atom. The summed E-state index contributed by atoms with van der Waals surface area (Å²) in [6, 6.07) is 23.5. The number of halogens is 2. The highest BCUT2D eigenvalue weighted by Crippen LogP contribution is 2.24. The molecule has 3 aromatic carbocycles. The van der Waals surface area contributed by atoms with Crippen molar-refractivity contribution in [2.24, 2.45) is 0 Å². The van der Waals surface area contributed by atoms with Crippen molar-refractivity contribution in [1.82, 2.24) is 10.2 Å². The highest BCUT2D eigenvalue weighted by atomic mass is 79.9. The van der Waals surface area contributed by atoms with E-state index >= 15 is 0 Å². The van der Waals surface area contributed by atoms with Crippen LogP contribution in [0.4, 0.5) is 5.69 Å². The van der Waals surface area contributed by atoms with Gasteiger partial charge < -0.3 is 10.2 Å². The van der Waals surface area contributed by atoms with Gasteiger partial charge in [0, 0.05) is 41.5 Å². The molecule has 4 rings (SSSR count). The third kappa shape index (κ3) is 10.1. The average molecular weight is 689 g/mol. The van der Waals surface area contributed by atoms with Crippen LogP contribution < -0.4 is 9.62 Å². The van der Waals surface area contributed by atoms with E-state index in [2.05, 4.69) is 21.2 Å². The van der Waals surface area contributed by atoms with Gasteiger partial charge in [-0.3, -0.25) is 13.9 Å². The summed E-state index contributed by atoms with van der Waals surface area (Å²) in [4.78, 5) is 29.6. The summed E-state index contributed by atoms with van der Waals surface area (Å²) in [5.41, 5.74) is 2.31. The largest absolute Gasteiger partial charge is 0.352 e. The number of hydrogen-bond donors (Lipinski definition) is 1. The van der Waals surface area contributed by atoms with E-state index in [1.54, 1.807) is 29.2 Å². The predicted molar refractivity (Wildman–Crippen MR) is 177 cm³/mol. The molecule has 3 aromatic rings. The Kier molecular flexibility index (Phi) is 12.1. The molecule has 1 N–H and O–H groups in total. The van der Waals surface area contributed by atoms with Crippen LogP contribution >= 0.6 is 27.5 Å². The molecule has 1 fully saturated rings. The Morgan fingerprint density at radius 1 is 0.953 bits per heavy atom. The Morgan fingerprint density at radius 2 is 1.65 bits per heavy atom. The molecule has 0 heterocycles. The van der Waals surface area contributed by atoms with Crippen molar-refractivity contribution in [1.29, 1.82) is 0 Å². The van der Waals surface area contributed by atoms with Crippen molar-refractivity contribution in [3.8, 4) is 0 Å². The molecule has 0 bridgehead atoms. The van der Waals surface area contributed by atoms with Gasteiger partial charge in [-0.05, 0) is 60.7 Å². The van der Waals surface area contributed by atoms with Crippen molar-refractivity contribution < 1.29 is 18.0 Å². The molecule has 2 amide bonds. The zero-order valence-corrected chi connectivity index (χ0v) is 27.6. The second-order valence-electron chi connectivity index (χ2n) is 11.1. The fourth-order valence-corrected chi connectivity index (χ4v) is 6.93. The summed E-state index contributed by atoms with van der Waals surface area (Å²) >= 11 is 9.60. The lowest BCUT2D eigenvalue weighted by Crippen LogP contribution is -2.52. The molecule has 43 heavy (non-hydrogen) atoms. The lowest BCUT2D eigenvalue weighted by Gasteiger charge is -2.34. The number of anilines is 1. The Labute approximate surface area is 268 Å². The number of carbonyl (C=O) groups is 2. The van der Waals surface area contributed by atoms with Crippen molar-refractivity contribution >= 4 is 55.1 Å². The Bertz CT molecular complexity index is 1460. The summed E-state index contributed by atoms with van der Waals surface area (Å²) in [6.07, 6.45) is 7.08. The number of nitrogens with one attached hydrogen (secondary N) is 1. The lowest BCUT2D eigenvalue weighted by atomic mass is 9.94. The molecule has 1 aliphatic carbocycles. The molecule has 1 atom stereocenters. The molecule has 1 saturated carbocycles. The van der Waals surface area contributed by atoms with Crippen LogP contribution in [-0.4, -0.2) is 50.0 Å². The summed E-state index contributed by atoms with van der Waals surface area (Å²) in [5, 5.41) is 3.68. The highest BCUT2D eigenvalue weighted by Gasteiger charge is 2.32. The van der Waals surface area contributed by atoms with Gasteiger partial charge in [-0.1, -0.05) is 95.3 Å². The zero-order chi connectivity index (χ0) is 30.8. The van der Waals surface area contributed by atoms with Crippen LogP contribution in [0, 0.1) is 0 Å². The number of nitrogens with zero attached hydrogens (tertiary/aromatic N) is 2. The van der Waals surface area contributed by atoms with Gasteiger partial charge in [-0.25, -0.2) is 8.42 Å². The predicted octanol–water partition coefficient (Wildman–Crippen LogP) is 6.74. The van der Waals surface area contributed by atoms with E-state index in [4.69, 9.17) is 11.6 Å². The number of benzene rings is 3. The Balaban J connectivity index is 1.58. The van der Waals surface area contributed by atoms with Crippen LogP contribution in [0.2, 0.25) is 5.02 Å². The number of sulfonamides is 1. The quantitative estimate of drug-likeness (QED) is 0.216. The summed E-state index contributed by atoms with van der Waals surface area (Å²) < 4.78 is 27.5. The van der Waals surface area contributed by atoms with Gasteiger partial charge >= 0.3 is 0 Å². The number of amides is 2. The third-order valence-electron chi connectivity index (χ3n) is 7.74. The lowest BCUT2D eigenvalue weighted by molar-refractivity contribution is -0.141. The van der Waals surface area contributed by atoms with E-state index in [-0.39, 0.29) is 43.8 Å². The van der Waals surface area contributed by atoms with E-state index in [1.165, 1.54) is 10.7 Å². The van der Waals surface area contributed by atoms with Crippen LogP contribution in [0.5, 0.6) is 0 Å². The van der Waals surface area contributed by atoms with E-state index in [0.29, 0.717) is 17.1 Å². The van der Waals surface area contributed by atoms with Crippen molar-refractivity contribution in [3.63, 3.8) is 0 Å². The molecule has 0 aliphatic heterocycles. The molecule has 10 heteroatoms. The first kappa shape index (κ1) is 33.0. The van der Waals surface area contributed by atoms with Crippen molar-refractivity contribution in [2.75, 3.05) is 17.1 Å². The highest BCUT2D eigenvalue weighted by molar-refractivity contribution is 9.10. The molecule has 0 saturated heterocycles. The first-order valence-corrected chi connectivity index (χ1v) is 17.7. The number of carbonyl (C=O) groups excluding carboxylic acids is 2. The van der Waals surface area contributed by atoms with Gasteiger partial charge in [0.05, 0.1) is 11.9 Å². The van der Waals surface area contributed by atoms with Gasteiger partial charge in [0.2, 0.25) is 21.8 Å². The van der Waals surface area contributed by atoms with Gasteiger partial charge in [0.15, 0.2) is 0 Å². The Hall–Kier alpha value is -2.88. The van der Waals surface area contributed by atoms with Crippen LogP contribution in [0.3, 0.4) is 0 Å². The normalized spacial score (nSPS) is 14.6. The molecule has 0 radical (unpaired) electrons. The SMILES string of the molecule is CS(=O)(=O)N(CCCC(=O)N(Cc1ccc(Br)cc1)[C@@H](Cc1ccccc1)C(=O)NC1CCCCC1)c1cccc(Cl)c1. The maximum absolute atomic E-state index is 14.0. The summed E-state index contributed by atoms with van der Waals surface area (Å²) in [5.74, 6) is -0.361. The van der Waals surface area contributed by atoms with Gasteiger partial charge in [0.1, 0.15) is 6.04 Å². The number of rotatable bonds is 13. The van der Waals surface area contributed by atoms with E-state index in [9.17, 15) is 18.0 Å². The summed E-state index contributed by atoms with van der Waals surface area (Å²) in [6.45, 7) is 0.362. The summed E-state index contributed by atoms with van der Waals surface area (Å²) in [7, 11) is -3.61. The van der Waals surface area contributed by atoms with Crippen LogP contribution in [0.1, 0.15) is 56.1 Å². The maximum Gasteiger partial charge on any atom is 0.243 e. The third-order valence-corrected chi connectivity index (χ3v) is 9.70. The van der Waals surface area contributed by atoms with Gasteiger partial charge in [0.25, 0.3) is 0 Å². The second kappa shape index (κ2) is 15.7. The smallest absolute Gasteiger partial charge is 0.243 e. The van der Waals surface area contributed by atoms with Crippen molar-refractivity contribution in [2.45, 2.75) is 70.0 Å². The van der Waals surface area contributed by atoms with Gasteiger partial charge in [-0.2, -0.15) is 0 Å². The van der Waals surface area contributed by atoms with Crippen LogP contribution in [0.25, 0.3) is 0 Å². The first-order chi connectivity index (χ1) is 20.6. The topological polar surface area (TPSA) is 86.8 Å². The second-order valence-corrected chi connectivity index (χ2v) is 14.4. The minimum Gasteiger partial charge on any atom is -0.352 e. The molecular formula is C33H39BrClN3O4S. The minimum absolute atomic E-state index is 0.0745. The van der Waals surface area contributed by atoms with E-state index in [1.807, 2.05) is 54.6 Å². The molecule has 230 valence electrons. The monoisotopic (exact) mass is 687 g/mol. The van der Waals surface area contributed by atoms with E-state index in [0.717, 1.165) is 47.5 Å². The average Bonchev–Trinajstić information content (AvgIpc) is 2.98. The van der Waals surface area contributed by atoms with E-state index < -0.39 is 16.1 Å². The van der Waals surface area contributed by atoms with Gasteiger partial charge in [-0.15, -0.1) is 0 Å². The van der Waals surface area contributed by atoms with Crippen LogP contribution in [-0.2, 0) is 32.6 Å². The molecule has 0 aromatic heterocycles. The fraction of sp³-hybridized carbons (Fsp3) is 0.394. The standard InChI is InChI=1S/C33H39BrClN3O4S/c1-43(41,42)38(30-15-8-12-28(35)23-30)21-9-16-32(39)37(24-26-17-19-27(34)20-18-26)31(22-25-10-4-2-5-11-25)33(40)36-29-13-6-3-7-14-29/h2,4-5,8,10-12,15,17-20,23,29,31H,3,6-7,9,13-14,16,21-22,24H2,1H3,(H,36,40)/t31-/m0/s1. The molecule has 1 aliphatic rings. The molecule has 0 spiro atoms. The molecule has 0 unspecified atom stereocenters. The molecular weight excluding hydrogens is 650 g/mol.